The Morgan fingerprint density at radius 1 is 1.67 bits per heavy atom. The number of carbonyl (C=O) groups is 1. The third-order valence-electron chi connectivity index (χ3n) is 2.67. The van der Waals surface area contributed by atoms with Gasteiger partial charge in [0, 0.05) is 19.5 Å². The van der Waals surface area contributed by atoms with Crippen LogP contribution in [0.15, 0.2) is 0 Å². The molecular formula is C11H18N2O2. The van der Waals surface area contributed by atoms with Gasteiger partial charge in [0.2, 0.25) is 0 Å². The standard InChI is InChI=1S/C11H18N2O2/c1-2-15-11(14)10-5-3-7-13(9-10)8-4-6-12/h10H,2-5,7-9H2,1H3. The molecule has 0 bridgehead atoms. The van der Waals surface area contributed by atoms with E-state index < -0.39 is 0 Å². The molecule has 84 valence electrons. The zero-order chi connectivity index (χ0) is 11.1. The van der Waals surface area contributed by atoms with Gasteiger partial charge in [-0.15, -0.1) is 0 Å². The molecule has 0 aliphatic carbocycles. The Bertz CT molecular complexity index is 247. The van der Waals surface area contributed by atoms with Gasteiger partial charge < -0.3 is 9.64 Å². The van der Waals surface area contributed by atoms with Gasteiger partial charge in [-0.25, -0.2) is 0 Å². The Kier molecular flexibility index (Phi) is 5.13. The normalized spacial score (nSPS) is 22.0. The van der Waals surface area contributed by atoms with Crippen molar-refractivity contribution >= 4 is 5.97 Å². The van der Waals surface area contributed by atoms with E-state index in [9.17, 15) is 4.79 Å². The Hall–Kier alpha value is -1.08. The van der Waals surface area contributed by atoms with Gasteiger partial charge in [-0.05, 0) is 26.3 Å². The summed E-state index contributed by atoms with van der Waals surface area (Å²) in [6.07, 6.45) is 2.48. The van der Waals surface area contributed by atoms with Crippen LogP contribution >= 0.6 is 0 Å². The average molecular weight is 210 g/mol. The summed E-state index contributed by atoms with van der Waals surface area (Å²) in [4.78, 5) is 13.7. The number of nitriles is 1. The highest BCUT2D eigenvalue weighted by Crippen LogP contribution is 2.17. The van der Waals surface area contributed by atoms with Crippen LogP contribution in [-0.2, 0) is 9.53 Å². The van der Waals surface area contributed by atoms with Crippen LogP contribution < -0.4 is 0 Å². The number of likely N-dealkylation sites (tertiary alicyclic amines) is 1. The molecule has 0 radical (unpaired) electrons. The number of carbonyl (C=O) groups excluding carboxylic acids is 1. The summed E-state index contributed by atoms with van der Waals surface area (Å²) in [5.41, 5.74) is 0. The molecule has 1 fully saturated rings. The molecule has 1 aliphatic heterocycles. The first-order chi connectivity index (χ1) is 7.27. The second-order valence-corrected chi connectivity index (χ2v) is 3.80. The van der Waals surface area contributed by atoms with E-state index in [1.54, 1.807) is 0 Å². The summed E-state index contributed by atoms with van der Waals surface area (Å²) in [5.74, 6) is -0.0726. The van der Waals surface area contributed by atoms with Crippen molar-refractivity contribution in [2.24, 2.45) is 5.92 Å². The molecule has 4 heteroatoms. The zero-order valence-electron chi connectivity index (χ0n) is 9.24. The summed E-state index contributed by atoms with van der Waals surface area (Å²) >= 11 is 0. The smallest absolute Gasteiger partial charge is 0.310 e. The van der Waals surface area contributed by atoms with Crippen molar-refractivity contribution in [1.82, 2.24) is 4.90 Å². The van der Waals surface area contributed by atoms with Crippen LogP contribution in [0.3, 0.4) is 0 Å². The van der Waals surface area contributed by atoms with Crippen molar-refractivity contribution in [3.8, 4) is 6.07 Å². The van der Waals surface area contributed by atoms with Gasteiger partial charge in [-0.1, -0.05) is 0 Å². The van der Waals surface area contributed by atoms with E-state index in [1.807, 2.05) is 6.92 Å². The quantitative estimate of drug-likeness (QED) is 0.654. The monoisotopic (exact) mass is 210 g/mol. The Labute approximate surface area is 90.8 Å². The third kappa shape index (κ3) is 3.88. The number of esters is 1. The molecule has 1 unspecified atom stereocenters. The van der Waals surface area contributed by atoms with Crippen LogP contribution in [-0.4, -0.2) is 37.1 Å². The topological polar surface area (TPSA) is 53.3 Å². The predicted octanol–water partition coefficient (Wildman–Crippen LogP) is 1.18. The molecule has 4 nitrogen and oxygen atoms in total. The largest absolute Gasteiger partial charge is 0.466 e. The highest BCUT2D eigenvalue weighted by molar-refractivity contribution is 5.72. The van der Waals surface area contributed by atoms with Crippen molar-refractivity contribution in [3.63, 3.8) is 0 Å². The minimum absolute atomic E-state index is 0.0115. The Morgan fingerprint density at radius 2 is 2.47 bits per heavy atom. The molecule has 1 aliphatic rings. The first-order valence-electron chi connectivity index (χ1n) is 5.54. The minimum Gasteiger partial charge on any atom is -0.466 e. The summed E-state index contributed by atoms with van der Waals surface area (Å²) in [5, 5.41) is 8.49. The zero-order valence-corrected chi connectivity index (χ0v) is 9.24. The third-order valence-corrected chi connectivity index (χ3v) is 2.67. The van der Waals surface area contributed by atoms with Gasteiger partial charge in [0.25, 0.3) is 0 Å². The van der Waals surface area contributed by atoms with Crippen LogP contribution in [0.2, 0.25) is 0 Å². The number of nitrogens with zero attached hydrogens (tertiary/aromatic N) is 2. The van der Waals surface area contributed by atoms with Gasteiger partial charge in [-0.2, -0.15) is 5.26 Å². The SMILES string of the molecule is CCOC(=O)C1CCCN(CCC#N)C1. The first kappa shape index (κ1) is 12.0. The fraction of sp³-hybridized carbons (Fsp3) is 0.818. The van der Waals surface area contributed by atoms with Gasteiger partial charge in [-0.3, -0.25) is 4.79 Å². The molecule has 1 saturated heterocycles. The van der Waals surface area contributed by atoms with Crippen molar-refractivity contribution in [3.05, 3.63) is 0 Å². The number of piperidine rings is 1. The van der Waals surface area contributed by atoms with Gasteiger partial charge in [0.1, 0.15) is 0 Å². The van der Waals surface area contributed by atoms with Crippen LogP contribution in [0.4, 0.5) is 0 Å². The number of rotatable bonds is 4. The molecule has 0 N–H and O–H groups in total. The summed E-state index contributed by atoms with van der Waals surface area (Å²) in [7, 11) is 0. The van der Waals surface area contributed by atoms with Gasteiger partial charge >= 0.3 is 5.97 Å². The fourth-order valence-electron chi connectivity index (χ4n) is 1.92. The maximum Gasteiger partial charge on any atom is 0.310 e. The lowest BCUT2D eigenvalue weighted by atomic mass is 9.98. The lowest BCUT2D eigenvalue weighted by Crippen LogP contribution is -2.39. The van der Waals surface area contributed by atoms with E-state index in [4.69, 9.17) is 10.00 Å². The number of hydrogen-bond acceptors (Lipinski definition) is 4. The maximum absolute atomic E-state index is 11.5. The second-order valence-electron chi connectivity index (χ2n) is 3.80. The van der Waals surface area contributed by atoms with Crippen LogP contribution in [0.25, 0.3) is 0 Å². The van der Waals surface area contributed by atoms with Crippen LogP contribution in [0, 0.1) is 17.2 Å². The molecule has 0 amide bonds. The summed E-state index contributed by atoms with van der Waals surface area (Å²) < 4.78 is 5.00. The van der Waals surface area contributed by atoms with Crippen molar-refractivity contribution < 1.29 is 9.53 Å². The van der Waals surface area contributed by atoms with Crippen molar-refractivity contribution in [2.45, 2.75) is 26.2 Å². The molecule has 1 rings (SSSR count). The van der Waals surface area contributed by atoms with E-state index >= 15 is 0 Å². The molecule has 1 atom stereocenters. The van der Waals surface area contributed by atoms with E-state index in [-0.39, 0.29) is 11.9 Å². The van der Waals surface area contributed by atoms with E-state index in [0.717, 1.165) is 32.5 Å². The highest BCUT2D eigenvalue weighted by Gasteiger charge is 2.26. The van der Waals surface area contributed by atoms with Crippen molar-refractivity contribution in [2.75, 3.05) is 26.2 Å². The van der Waals surface area contributed by atoms with Gasteiger partial charge in [0.15, 0.2) is 0 Å². The molecule has 0 aromatic carbocycles. The minimum atomic E-state index is -0.0841. The van der Waals surface area contributed by atoms with E-state index in [1.165, 1.54) is 0 Å². The maximum atomic E-state index is 11.5. The van der Waals surface area contributed by atoms with Crippen molar-refractivity contribution in [1.29, 1.82) is 5.26 Å². The van der Waals surface area contributed by atoms with Crippen LogP contribution in [0.5, 0.6) is 0 Å². The fourth-order valence-corrected chi connectivity index (χ4v) is 1.92. The number of ether oxygens (including phenoxy) is 1. The molecule has 0 saturated carbocycles. The predicted molar refractivity (Wildman–Crippen MR) is 56.0 cm³/mol. The molecule has 15 heavy (non-hydrogen) atoms. The second kappa shape index (κ2) is 6.41. The van der Waals surface area contributed by atoms with Crippen LogP contribution in [0.1, 0.15) is 26.2 Å². The average Bonchev–Trinajstić information content (AvgIpc) is 2.27. The molecule has 0 aromatic rings. The Balaban J connectivity index is 2.35. The van der Waals surface area contributed by atoms with Gasteiger partial charge in [0.05, 0.1) is 18.6 Å². The molecule has 0 spiro atoms. The summed E-state index contributed by atoms with van der Waals surface area (Å²) in [6.45, 7) is 4.80. The van der Waals surface area contributed by atoms with E-state index in [0.29, 0.717) is 13.0 Å². The molecule has 1 heterocycles. The lowest BCUT2D eigenvalue weighted by Gasteiger charge is -2.30. The first-order valence-corrected chi connectivity index (χ1v) is 5.54. The summed E-state index contributed by atoms with van der Waals surface area (Å²) in [6, 6.07) is 2.13. The Morgan fingerprint density at radius 3 is 3.13 bits per heavy atom. The lowest BCUT2D eigenvalue weighted by molar-refractivity contribution is -0.149. The number of hydrogen-bond donors (Lipinski definition) is 0. The highest BCUT2D eigenvalue weighted by atomic mass is 16.5. The molecule has 0 aromatic heterocycles. The van der Waals surface area contributed by atoms with E-state index in [2.05, 4.69) is 11.0 Å². The molecular weight excluding hydrogens is 192 g/mol.